The van der Waals surface area contributed by atoms with E-state index in [1.807, 2.05) is 20.8 Å². The topological polar surface area (TPSA) is 75.2 Å². The number of rotatable bonds is 6. The number of carbonyl (C=O) groups excluding carboxylic acids is 2. The molecule has 1 N–H and O–H groups in total. The van der Waals surface area contributed by atoms with Crippen molar-refractivity contribution in [2.75, 3.05) is 6.54 Å². The van der Waals surface area contributed by atoms with Crippen molar-refractivity contribution >= 4 is 34.9 Å². The zero-order valence-electron chi connectivity index (χ0n) is 14.9. The Balaban J connectivity index is 2.47. The van der Waals surface area contributed by atoms with Crippen LogP contribution in [0.25, 0.3) is 0 Å². The van der Waals surface area contributed by atoms with Crippen LogP contribution in [0.1, 0.15) is 42.9 Å². The SMILES string of the molecule is C=CCN(C(=O)c1csnn1)C(C(=O)NC(C)(C)C)c1ccc(Cl)cc1. The van der Waals surface area contributed by atoms with E-state index in [0.29, 0.717) is 10.6 Å². The van der Waals surface area contributed by atoms with Crippen LogP contribution in [-0.2, 0) is 4.79 Å². The maximum absolute atomic E-state index is 13.0. The Morgan fingerprint density at radius 1 is 1.35 bits per heavy atom. The normalized spacial score (nSPS) is 12.3. The Morgan fingerprint density at radius 3 is 2.50 bits per heavy atom. The predicted octanol–water partition coefficient (Wildman–Crippen LogP) is 3.48. The molecule has 6 nitrogen and oxygen atoms in total. The summed E-state index contributed by atoms with van der Waals surface area (Å²) < 4.78 is 3.73. The highest BCUT2D eigenvalue weighted by molar-refractivity contribution is 7.03. The molecule has 2 aromatic rings. The number of hydrogen-bond acceptors (Lipinski definition) is 5. The number of amides is 2. The van der Waals surface area contributed by atoms with Crippen LogP contribution in [0.4, 0.5) is 0 Å². The van der Waals surface area contributed by atoms with Gasteiger partial charge in [-0.3, -0.25) is 9.59 Å². The van der Waals surface area contributed by atoms with Crippen LogP contribution >= 0.6 is 23.1 Å². The maximum atomic E-state index is 13.0. The number of aromatic nitrogens is 2. The van der Waals surface area contributed by atoms with Crippen LogP contribution in [-0.4, -0.2) is 38.4 Å². The average Bonchev–Trinajstić information content (AvgIpc) is 3.08. The molecule has 1 heterocycles. The van der Waals surface area contributed by atoms with Crippen LogP contribution < -0.4 is 5.32 Å². The van der Waals surface area contributed by atoms with E-state index in [1.54, 1.807) is 35.7 Å². The molecular weight excluding hydrogens is 372 g/mol. The summed E-state index contributed by atoms with van der Waals surface area (Å²) >= 11 is 7.05. The second-order valence-corrected chi connectivity index (χ2v) is 7.78. The van der Waals surface area contributed by atoms with Gasteiger partial charge in [-0.1, -0.05) is 34.3 Å². The van der Waals surface area contributed by atoms with Crippen LogP contribution in [0, 0.1) is 0 Å². The van der Waals surface area contributed by atoms with E-state index in [2.05, 4.69) is 21.5 Å². The maximum Gasteiger partial charge on any atom is 0.276 e. The summed E-state index contributed by atoms with van der Waals surface area (Å²) in [5, 5.41) is 8.88. The molecule has 1 aromatic carbocycles. The van der Waals surface area contributed by atoms with Crippen molar-refractivity contribution in [2.45, 2.75) is 32.4 Å². The molecule has 0 saturated carbocycles. The molecule has 1 unspecified atom stereocenters. The van der Waals surface area contributed by atoms with Crippen molar-refractivity contribution in [2.24, 2.45) is 0 Å². The highest BCUT2D eigenvalue weighted by Gasteiger charge is 2.33. The minimum Gasteiger partial charge on any atom is -0.349 e. The summed E-state index contributed by atoms with van der Waals surface area (Å²) in [5.74, 6) is -0.680. The summed E-state index contributed by atoms with van der Waals surface area (Å²) in [7, 11) is 0. The molecule has 2 amide bonds. The van der Waals surface area contributed by atoms with Gasteiger partial charge in [-0.2, -0.15) is 0 Å². The number of nitrogens with zero attached hydrogens (tertiary/aromatic N) is 3. The zero-order chi connectivity index (χ0) is 19.3. The molecule has 0 aliphatic heterocycles. The minimum absolute atomic E-state index is 0.182. The Hall–Kier alpha value is -2.25. The number of benzene rings is 1. The molecule has 1 aromatic heterocycles. The van der Waals surface area contributed by atoms with Crippen LogP contribution in [0.3, 0.4) is 0 Å². The first-order valence-electron chi connectivity index (χ1n) is 7.99. The standard InChI is InChI=1S/C18H21ClN4O2S/c1-5-10-23(17(25)14-11-26-22-21-14)15(16(24)20-18(2,3)4)12-6-8-13(19)9-7-12/h5-9,11,15H,1,10H2,2-4H3,(H,20,24). The second kappa shape index (κ2) is 8.42. The molecule has 0 fully saturated rings. The minimum atomic E-state index is -0.848. The Kier molecular flexibility index (Phi) is 6.50. The van der Waals surface area contributed by atoms with E-state index in [4.69, 9.17) is 11.6 Å². The van der Waals surface area contributed by atoms with Gasteiger partial charge in [0.2, 0.25) is 5.91 Å². The van der Waals surface area contributed by atoms with Gasteiger partial charge in [0, 0.05) is 22.5 Å². The number of halogens is 1. The van der Waals surface area contributed by atoms with Crippen molar-refractivity contribution < 1.29 is 9.59 Å². The van der Waals surface area contributed by atoms with Gasteiger partial charge < -0.3 is 10.2 Å². The van der Waals surface area contributed by atoms with Gasteiger partial charge in [0.15, 0.2) is 5.69 Å². The zero-order valence-corrected chi connectivity index (χ0v) is 16.5. The molecule has 0 spiro atoms. The van der Waals surface area contributed by atoms with Gasteiger partial charge in [0.25, 0.3) is 5.91 Å². The van der Waals surface area contributed by atoms with E-state index in [9.17, 15) is 9.59 Å². The fourth-order valence-corrected chi connectivity index (χ4v) is 2.96. The number of carbonyl (C=O) groups is 2. The predicted molar refractivity (Wildman–Crippen MR) is 103 cm³/mol. The van der Waals surface area contributed by atoms with E-state index >= 15 is 0 Å². The Labute approximate surface area is 162 Å². The van der Waals surface area contributed by atoms with Gasteiger partial charge in [-0.05, 0) is 50.0 Å². The van der Waals surface area contributed by atoms with Crippen molar-refractivity contribution in [3.8, 4) is 0 Å². The van der Waals surface area contributed by atoms with Crippen LogP contribution in [0.5, 0.6) is 0 Å². The van der Waals surface area contributed by atoms with E-state index < -0.39 is 11.6 Å². The summed E-state index contributed by atoms with van der Waals surface area (Å²) in [6.45, 7) is 9.54. The van der Waals surface area contributed by atoms with Crippen molar-refractivity contribution in [1.29, 1.82) is 0 Å². The fourth-order valence-electron chi connectivity index (χ4n) is 2.41. The molecule has 8 heteroatoms. The summed E-state index contributed by atoms with van der Waals surface area (Å²) in [6, 6.07) is 6.00. The third kappa shape index (κ3) is 5.12. The molecule has 26 heavy (non-hydrogen) atoms. The first kappa shape index (κ1) is 20.1. The van der Waals surface area contributed by atoms with Crippen LogP contribution in [0.15, 0.2) is 42.3 Å². The number of hydrogen-bond donors (Lipinski definition) is 1. The van der Waals surface area contributed by atoms with Gasteiger partial charge >= 0.3 is 0 Å². The average molecular weight is 393 g/mol. The van der Waals surface area contributed by atoms with Gasteiger partial charge in [-0.15, -0.1) is 11.7 Å². The van der Waals surface area contributed by atoms with Gasteiger partial charge in [0.1, 0.15) is 6.04 Å². The highest BCUT2D eigenvalue weighted by atomic mass is 35.5. The van der Waals surface area contributed by atoms with E-state index in [-0.39, 0.29) is 24.1 Å². The summed E-state index contributed by atoms with van der Waals surface area (Å²) in [6.07, 6.45) is 1.57. The van der Waals surface area contributed by atoms with E-state index in [0.717, 1.165) is 11.5 Å². The fraction of sp³-hybridized carbons (Fsp3) is 0.333. The Bertz CT molecular complexity index is 769. The van der Waals surface area contributed by atoms with Crippen LogP contribution in [0.2, 0.25) is 5.02 Å². The molecule has 0 bridgehead atoms. The highest BCUT2D eigenvalue weighted by Crippen LogP contribution is 2.25. The monoisotopic (exact) mass is 392 g/mol. The largest absolute Gasteiger partial charge is 0.349 e. The lowest BCUT2D eigenvalue weighted by Gasteiger charge is -2.32. The summed E-state index contributed by atoms with van der Waals surface area (Å²) in [4.78, 5) is 27.4. The Morgan fingerprint density at radius 2 is 2.00 bits per heavy atom. The summed E-state index contributed by atoms with van der Waals surface area (Å²) in [5.41, 5.74) is 0.390. The van der Waals surface area contributed by atoms with E-state index in [1.165, 1.54) is 4.90 Å². The first-order chi connectivity index (χ1) is 12.2. The van der Waals surface area contributed by atoms with Gasteiger partial charge in [-0.25, -0.2) is 0 Å². The third-order valence-electron chi connectivity index (χ3n) is 3.41. The number of nitrogens with one attached hydrogen (secondary N) is 1. The van der Waals surface area contributed by atoms with Crippen molar-refractivity contribution in [1.82, 2.24) is 19.8 Å². The molecule has 1 atom stereocenters. The third-order valence-corrected chi connectivity index (χ3v) is 4.17. The first-order valence-corrected chi connectivity index (χ1v) is 9.21. The molecule has 2 rings (SSSR count). The molecule has 138 valence electrons. The molecule has 0 aliphatic rings. The smallest absolute Gasteiger partial charge is 0.276 e. The van der Waals surface area contributed by atoms with Gasteiger partial charge in [0.05, 0.1) is 0 Å². The quantitative estimate of drug-likeness (QED) is 0.763. The lowest BCUT2D eigenvalue weighted by Crippen LogP contribution is -2.49. The molecule has 0 radical (unpaired) electrons. The lowest BCUT2D eigenvalue weighted by atomic mass is 10.0. The molecule has 0 saturated heterocycles. The van der Waals surface area contributed by atoms with Crippen molar-refractivity contribution in [3.63, 3.8) is 0 Å². The lowest BCUT2D eigenvalue weighted by molar-refractivity contribution is -0.127. The molecular formula is C18H21ClN4O2S. The molecule has 0 aliphatic carbocycles. The van der Waals surface area contributed by atoms with Crippen molar-refractivity contribution in [3.05, 3.63) is 58.6 Å². The second-order valence-electron chi connectivity index (χ2n) is 6.73.